The molecule has 0 aromatic heterocycles. The van der Waals surface area contributed by atoms with Crippen LogP contribution in [0.15, 0.2) is 47.4 Å². The highest BCUT2D eigenvalue weighted by Gasteiger charge is 2.39. The van der Waals surface area contributed by atoms with Crippen molar-refractivity contribution in [1.82, 2.24) is 9.62 Å². The van der Waals surface area contributed by atoms with Gasteiger partial charge in [-0.1, -0.05) is 36.4 Å². The number of likely N-dealkylation sites (tertiary alicyclic amines) is 1. The van der Waals surface area contributed by atoms with E-state index in [2.05, 4.69) is 4.72 Å². The largest absolute Gasteiger partial charge is 0.480 e. The molecule has 2 aromatic carbocycles. The maximum atomic E-state index is 13.3. The van der Waals surface area contributed by atoms with Crippen LogP contribution < -0.4 is 4.72 Å². The van der Waals surface area contributed by atoms with E-state index in [0.29, 0.717) is 18.2 Å². The highest BCUT2D eigenvalue weighted by molar-refractivity contribution is 7.89. The van der Waals surface area contributed by atoms with Gasteiger partial charge in [-0.2, -0.15) is 4.72 Å². The lowest BCUT2D eigenvalue weighted by atomic mass is 10.1. The summed E-state index contributed by atoms with van der Waals surface area (Å²) in [4.78, 5) is 26.0. The second-order valence-corrected chi connectivity index (χ2v) is 10.3. The van der Waals surface area contributed by atoms with Crippen LogP contribution in [0.3, 0.4) is 0 Å². The Balaban J connectivity index is 1.93. The van der Waals surface area contributed by atoms with Crippen molar-refractivity contribution in [1.29, 1.82) is 0 Å². The van der Waals surface area contributed by atoms with Gasteiger partial charge in [0.25, 0.3) is 0 Å². The van der Waals surface area contributed by atoms with Gasteiger partial charge in [0, 0.05) is 11.9 Å². The summed E-state index contributed by atoms with van der Waals surface area (Å²) in [5, 5.41) is 10.7. The first kappa shape index (κ1) is 23.2. The van der Waals surface area contributed by atoms with Crippen molar-refractivity contribution in [2.75, 3.05) is 13.2 Å². The molecule has 0 radical (unpaired) electrons. The molecule has 3 rings (SSSR count). The normalized spacial score (nSPS) is 18.3. The Morgan fingerprint density at radius 3 is 2.55 bits per heavy atom. The van der Waals surface area contributed by atoms with Crippen LogP contribution in [0.4, 0.5) is 0 Å². The Morgan fingerprint density at radius 2 is 1.87 bits per heavy atom. The van der Waals surface area contributed by atoms with E-state index >= 15 is 0 Å². The molecule has 2 atom stereocenters. The maximum absolute atomic E-state index is 13.3. The third-order valence-electron chi connectivity index (χ3n) is 5.14. The van der Waals surface area contributed by atoms with E-state index in [1.165, 1.54) is 11.0 Å². The number of carboxylic acid groups (broad SMARTS) is 1. The quantitative estimate of drug-likeness (QED) is 0.672. The Hall–Kier alpha value is -2.49. The highest BCUT2D eigenvalue weighted by atomic mass is 32.2. The molecule has 8 nitrogen and oxygen atoms in total. The zero-order valence-corrected chi connectivity index (χ0v) is 18.7. The molecule has 0 bridgehead atoms. The predicted octanol–water partition coefficient (Wildman–Crippen LogP) is 2.38. The number of benzene rings is 2. The molecule has 0 aliphatic carbocycles. The molecular weight excluding hydrogens is 420 g/mol. The molecular formula is C22H28N2O6S. The number of fused-ring (bicyclic) bond motifs is 1. The molecule has 9 heteroatoms. The van der Waals surface area contributed by atoms with Crippen molar-refractivity contribution in [3.63, 3.8) is 0 Å². The minimum absolute atomic E-state index is 0.0513. The van der Waals surface area contributed by atoms with E-state index in [4.69, 9.17) is 4.74 Å². The Bertz CT molecular complexity index is 1070. The van der Waals surface area contributed by atoms with Crippen molar-refractivity contribution in [3.8, 4) is 0 Å². The first-order valence-electron chi connectivity index (χ1n) is 10.2. The van der Waals surface area contributed by atoms with E-state index in [1.54, 1.807) is 51.1 Å². The van der Waals surface area contributed by atoms with Gasteiger partial charge in [-0.25, -0.2) is 13.2 Å². The van der Waals surface area contributed by atoms with E-state index in [1.807, 2.05) is 6.07 Å². The minimum Gasteiger partial charge on any atom is -0.480 e. The number of carbonyl (C=O) groups is 2. The number of sulfonamides is 1. The molecule has 2 N–H and O–H groups in total. The predicted molar refractivity (Wildman–Crippen MR) is 116 cm³/mol. The average Bonchev–Trinajstić information content (AvgIpc) is 3.19. The lowest BCUT2D eigenvalue weighted by molar-refractivity contribution is -0.150. The van der Waals surface area contributed by atoms with E-state index < -0.39 is 39.6 Å². The molecule has 1 aliphatic rings. The SMILES string of the molecule is CC(C)(C)OC[C@H](NS(=O)(=O)c1cccc2ccccc12)C(=O)N1CCC[C@H]1C(=O)O. The standard InChI is InChI=1S/C22H28N2O6S/c1-22(2,3)30-14-17(20(25)24-13-7-11-18(24)21(26)27)23-31(28,29)19-12-6-9-15-8-4-5-10-16(15)19/h4-6,8-10,12,17-18,23H,7,11,13-14H2,1-3H3,(H,26,27)/t17-,18-/m0/s1. The molecule has 0 saturated carbocycles. The van der Waals surface area contributed by atoms with Crippen LogP contribution in [0.5, 0.6) is 0 Å². The fourth-order valence-corrected chi connectivity index (χ4v) is 5.06. The molecule has 31 heavy (non-hydrogen) atoms. The zero-order chi connectivity index (χ0) is 22.8. The van der Waals surface area contributed by atoms with Crippen LogP contribution in [0.1, 0.15) is 33.6 Å². The smallest absolute Gasteiger partial charge is 0.326 e. The summed E-state index contributed by atoms with van der Waals surface area (Å²) in [7, 11) is -4.09. The summed E-state index contributed by atoms with van der Waals surface area (Å²) in [6.07, 6.45) is 0.885. The fraction of sp³-hybridized carbons (Fsp3) is 0.455. The van der Waals surface area contributed by atoms with Crippen LogP contribution >= 0.6 is 0 Å². The van der Waals surface area contributed by atoms with Gasteiger partial charge >= 0.3 is 5.97 Å². The third-order valence-corrected chi connectivity index (χ3v) is 6.67. The van der Waals surface area contributed by atoms with Gasteiger partial charge in [0.05, 0.1) is 17.1 Å². The van der Waals surface area contributed by atoms with Crippen LogP contribution in [-0.4, -0.2) is 61.1 Å². The maximum Gasteiger partial charge on any atom is 0.326 e. The molecule has 0 spiro atoms. The number of carboxylic acids is 1. The summed E-state index contributed by atoms with van der Waals surface area (Å²) in [5.41, 5.74) is -0.610. The van der Waals surface area contributed by atoms with Crippen molar-refractivity contribution in [2.24, 2.45) is 0 Å². The summed E-state index contributed by atoms with van der Waals surface area (Å²) in [6, 6.07) is 9.78. The zero-order valence-electron chi connectivity index (χ0n) is 17.9. The van der Waals surface area contributed by atoms with Crippen molar-refractivity contribution in [2.45, 2.75) is 56.2 Å². The number of hydrogen-bond acceptors (Lipinski definition) is 5. The number of nitrogens with zero attached hydrogens (tertiary/aromatic N) is 1. The molecule has 168 valence electrons. The first-order chi connectivity index (χ1) is 14.5. The lowest BCUT2D eigenvalue weighted by Gasteiger charge is -2.29. The van der Waals surface area contributed by atoms with Crippen LogP contribution in [0.2, 0.25) is 0 Å². The molecule has 2 aromatic rings. The number of nitrogens with one attached hydrogen (secondary N) is 1. The van der Waals surface area contributed by atoms with Gasteiger partial charge in [-0.3, -0.25) is 4.79 Å². The second-order valence-electron chi connectivity index (χ2n) is 8.60. The van der Waals surface area contributed by atoms with Crippen molar-refractivity contribution >= 4 is 32.7 Å². The van der Waals surface area contributed by atoms with E-state index in [0.717, 1.165) is 5.39 Å². The number of hydrogen-bond donors (Lipinski definition) is 2. The van der Waals surface area contributed by atoms with Crippen LogP contribution in [-0.2, 0) is 24.3 Å². The van der Waals surface area contributed by atoms with E-state index in [-0.39, 0.29) is 18.0 Å². The summed E-state index contributed by atoms with van der Waals surface area (Å²) < 4.78 is 34.7. The van der Waals surface area contributed by atoms with Gasteiger partial charge in [-0.15, -0.1) is 0 Å². The van der Waals surface area contributed by atoms with Crippen molar-refractivity contribution < 1.29 is 27.9 Å². The Morgan fingerprint density at radius 1 is 1.19 bits per heavy atom. The summed E-state index contributed by atoms with van der Waals surface area (Å²) in [6.45, 7) is 5.43. The van der Waals surface area contributed by atoms with Crippen molar-refractivity contribution in [3.05, 3.63) is 42.5 Å². The van der Waals surface area contributed by atoms with Crippen LogP contribution in [0.25, 0.3) is 10.8 Å². The molecule has 1 saturated heterocycles. The number of carbonyl (C=O) groups excluding carboxylic acids is 1. The Kier molecular flexibility index (Phi) is 6.68. The van der Waals surface area contributed by atoms with Gasteiger partial charge in [0.2, 0.25) is 15.9 Å². The molecule has 1 heterocycles. The highest BCUT2D eigenvalue weighted by Crippen LogP contribution is 2.24. The topological polar surface area (TPSA) is 113 Å². The fourth-order valence-electron chi connectivity index (χ4n) is 3.66. The first-order valence-corrected chi connectivity index (χ1v) is 11.7. The molecule has 0 unspecified atom stereocenters. The van der Waals surface area contributed by atoms with Gasteiger partial charge in [-0.05, 0) is 45.1 Å². The monoisotopic (exact) mass is 448 g/mol. The molecule has 1 fully saturated rings. The summed E-state index contributed by atoms with van der Waals surface area (Å²) >= 11 is 0. The lowest BCUT2D eigenvalue weighted by Crippen LogP contribution is -2.54. The average molecular weight is 449 g/mol. The summed E-state index contributed by atoms with van der Waals surface area (Å²) in [5.74, 6) is -1.70. The van der Waals surface area contributed by atoms with E-state index in [9.17, 15) is 23.1 Å². The molecule has 1 aliphatic heterocycles. The van der Waals surface area contributed by atoms with Gasteiger partial charge in [0.15, 0.2) is 0 Å². The number of amides is 1. The molecule has 1 amide bonds. The third kappa shape index (κ3) is 5.41. The number of aliphatic carboxylic acids is 1. The van der Waals surface area contributed by atoms with Gasteiger partial charge < -0.3 is 14.7 Å². The van der Waals surface area contributed by atoms with Crippen LogP contribution in [0, 0.1) is 0 Å². The minimum atomic E-state index is -4.09. The second kappa shape index (κ2) is 8.94. The number of rotatable bonds is 7. The number of ether oxygens (including phenoxy) is 1. The van der Waals surface area contributed by atoms with Gasteiger partial charge in [0.1, 0.15) is 12.1 Å². The Labute approximate surface area is 182 Å².